The number of benzene rings is 2. The van der Waals surface area contributed by atoms with Gasteiger partial charge in [-0.2, -0.15) is 0 Å². The normalized spacial score (nSPS) is 11.6. The molecule has 3 amide bonds. The van der Waals surface area contributed by atoms with Gasteiger partial charge in [-0.3, -0.25) is 4.79 Å². The van der Waals surface area contributed by atoms with Crippen molar-refractivity contribution in [1.82, 2.24) is 20.5 Å². The predicted octanol–water partition coefficient (Wildman–Crippen LogP) is 6.74. The largest absolute Gasteiger partial charge is 0.354 e. The maximum atomic E-state index is 13.4. The number of hydrogen-bond donors (Lipinski definition) is 3. The van der Waals surface area contributed by atoms with E-state index in [0.717, 1.165) is 39.7 Å². The molecule has 0 fully saturated rings. The van der Waals surface area contributed by atoms with Crippen LogP contribution in [0.5, 0.6) is 0 Å². The molecule has 0 saturated carbocycles. The molecular weight excluding hydrogens is 516 g/mol. The lowest BCUT2D eigenvalue weighted by Gasteiger charge is -2.31. The minimum absolute atomic E-state index is 0.129. The number of fused-ring (bicyclic) bond motifs is 1. The molecule has 0 atom stereocenters. The molecule has 0 spiro atoms. The summed E-state index contributed by atoms with van der Waals surface area (Å²) in [6, 6.07) is 16.8. The maximum Gasteiger partial charge on any atom is 0.314 e. The quantitative estimate of drug-likeness (QED) is 0.191. The molecule has 7 heteroatoms. The van der Waals surface area contributed by atoms with Crippen LogP contribution in [0, 0.1) is 13.8 Å². The van der Waals surface area contributed by atoms with Crippen LogP contribution in [0.4, 0.5) is 4.79 Å². The Labute approximate surface area is 242 Å². The lowest BCUT2D eigenvalue weighted by Crippen LogP contribution is -2.43. The van der Waals surface area contributed by atoms with Crippen LogP contribution in [-0.2, 0) is 23.1 Å². The molecule has 0 aliphatic carbocycles. The van der Waals surface area contributed by atoms with Gasteiger partial charge in [0.2, 0.25) is 5.91 Å². The van der Waals surface area contributed by atoms with E-state index in [1.807, 2.05) is 38.7 Å². The molecule has 2 aromatic carbocycles. The van der Waals surface area contributed by atoms with Gasteiger partial charge in [0, 0.05) is 47.7 Å². The van der Waals surface area contributed by atoms with Crippen molar-refractivity contribution in [3.05, 3.63) is 81.0 Å². The Morgan fingerprint density at radius 2 is 1.60 bits per heavy atom. The summed E-state index contributed by atoms with van der Waals surface area (Å²) in [7, 11) is 0. The van der Waals surface area contributed by atoms with Gasteiger partial charge >= 0.3 is 6.03 Å². The average Bonchev–Trinajstić information content (AvgIpc) is 3.56. The van der Waals surface area contributed by atoms with E-state index in [1.165, 1.54) is 16.0 Å². The third-order valence-electron chi connectivity index (χ3n) is 7.62. The van der Waals surface area contributed by atoms with Gasteiger partial charge in [-0.15, -0.1) is 11.3 Å². The molecule has 0 unspecified atom stereocenters. The van der Waals surface area contributed by atoms with E-state index in [2.05, 4.69) is 77.3 Å². The highest BCUT2D eigenvalue weighted by molar-refractivity contribution is 7.09. The third-order valence-corrected chi connectivity index (χ3v) is 8.56. The molecule has 212 valence electrons. The number of amides is 3. The van der Waals surface area contributed by atoms with Crippen molar-refractivity contribution in [3.8, 4) is 11.3 Å². The number of H-pyrrole nitrogens is 1. The van der Waals surface area contributed by atoms with E-state index in [0.29, 0.717) is 32.6 Å². The number of nitrogens with one attached hydrogen (secondary N) is 3. The molecule has 40 heavy (non-hydrogen) atoms. The highest BCUT2D eigenvalue weighted by Gasteiger charge is 2.33. The molecule has 0 saturated heterocycles. The zero-order chi connectivity index (χ0) is 28.9. The molecule has 0 aliphatic heterocycles. The maximum absolute atomic E-state index is 13.4. The Balaban J connectivity index is 1.62. The number of carbonyl (C=O) groups is 2. The summed E-state index contributed by atoms with van der Waals surface area (Å²) in [6.45, 7) is 14.8. The average molecular weight is 559 g/mol. The number of likely N-dealkylation sites (N-methyl/N-ethyl adjacent to an activating group) is 1. The number of hydrogen-bond acceptors (Lipinski definition) is 3. The number of aromatic amines is 1. The van der Waals surface area contributed by atoms with Crippen LogP contribution in [0.1, 0.15) is 54.8 Å². The van der Waals surface area contributed by atoms with Crippen molar-refractivity contribution in [2.75, 3.05) is 26.2 Å². The van der Waals surface area contributed by atoms with Crippen LogP contribution in [0.25, 0.3) is 22.2 Å². The fourth-order valence-corrected chi connectivity index (χ4v) is 6.12. The SMILES string of the molecule is CCN(CC)C(=O)C(C)(C)c1ccc2[nH]c(-c3cc(C)cc(C)c3)c(CCNC(=O)NCCc3cccs3)c2c1. The molecule has 0 radical (unpaired) electrons. The molecule has 0 bridgehead atoms. The van der Waals surface area contributed by atoms with Crippen LogP contribution in [-0.4, -0.2) is 48.0 Å². The smallest absolute Gasteiger partial charge is 0.314 e. The van der Waals surface area contributed by atoms with Crippen molar-refractivity contribution in [3.63, 3.8) is 0 Å². The van der Waals surface area contributed by atoms with Crippen LogP contribution < -0.4 is 10.6 Å². The summed E-state index contributed by atoms with van der Waals surface area (Å²) < 4.78 is 0. The standard InChI is InChI=1S/C33H42N4O2S/c1-7-37(8-2)31(38)33(5,6)25-11-12-29-28(21-25)27(30(36-29)24-19-22(3)18-23(4)20-24)14-16-35-32(39)34-15-13-26-10-9-17-40-26/h9-12,17-21,36H,7-8,13-16H2,1-6H3,(H2,34,35,39). The van der Waals surface area contributed by atoms with Crippen LogP contribution >= 0.6 is 11.3 Å². The second-order valence-corrected chi connectivity index (χ2v) is 12.0. The first-order chi connectivity index (χ1) is 19.1. The van der Waals surface area contributed by atoms with Crippen LogP contribution in [0.3, 0.4) is 0 Å². The summed E-state index contributed by atoms with van der Waals surface area (Å²) in [5, 5.41) is 9.15. The van der Waals surface area contributed by atoms with Gasteiger partial charge in [0.25, 0.3) is 0 Å². The monoisotopic (exact) mass is 558 g/mol. The Hall–Kier alpha value is -3.58. The number of rotatable bonds is 11. The molecule has 0 aliphatic rings. The van der Waals surface area contributed by atoms with Crippen molar-refractivity contribution in [2.24, 2.45) is 0 Å². The van der Waals surface area contributed by atoms with Crippen molar-refractivity contribution >= 4 is 34.2 Å². The lowest BCUT2D eigenvalue weighted by molar-refractivity contribution is -0.135. The van der Waals surface area contributed by atoms with Crippen LogP contribution in [0.15, 0.2) is 53.9 Å². The van der Waals surface area contributed by atoms with Crippen molar-refractivity contribution in [2.45, 2.75) is 59.8 Å². The highest BCUT2D eigenvalue weighted by Crippen LogP contribution is 2.35. The number of carbonyl (C=O) groups excluding carboxylic acids is 2. The number of nitrogens with zero attached hydrogens (tertiary/aromatic N) is 1. The molecule has 6 nitrogen and oxygen atoms in total. The van der Waals surface area contributed by atoms with Crippen molar-refractivity contribution < 1.29 is 9.59 Å². The first-order valence-corrected chi connectivity index (χ1v) is 15.1. The molecule has 4 aromatic rings. The van der Waals surface area contributed by atoms with Gasteiger partial charge in [0.1, 0.15) is 0 Å². The number of urea groups is 1. The summed E-state index contributed by atoms with van der Waals surface area (Å²) in [5.41, 5.74) is 7.10. The zero-order valence-corrected chi connectivity index (χ0v) is 25.4. The van der Waals surface area contributed by atoms with E-state index in [1.54, 1.807) is 11.3 Å². The van der Waals surface area contributed by atoms with E-state index in [9.17, 15) is 9.59 Å². The van der Waals surface area contributed by atoms with E-state index >= 15 is 0 Å². The topological polar surface area (TPSA) is 77.2 Å². The second kappa shape index (κ2) is 12.7. The van der Waals surface area contributed by atoms with E-state index < -0.39 is 5.41 Å². The van der Waals surface area contributed by atoms with Gasteiger partial charge < -0.3 is 20.5 Å². The first kappa shape index (κ1) is 29.4. The Morgan fingerprint density at radius 1 is 0.925 bits per heavy atom. The zero-order valence-electron chi connectivity index (χ0n) is 24.6. The Bertz CT molecular complexity index is 1450. The van der Waals surface area contributed by atoms with Gasteiger partial charge in [-0.05, 0) is 107 Å². The molecular formula is C33H42N4O2S. The summed E-state index contributed by atoms with van der Waals surface area (Å²) in [4.78, 5) is 32.7. The minimum Gasteiger partial charge on any atom is -0.354 e. The highest BCUT2D eigenvalue weighted by atomic mass is 32.1. The first-order valence-electron chi connectivity index (χ1n) is 14.2. The Kier molecular flexibility index (Phi) is 9.36. The van der Waals surface area contributed by atoms with Crippen molar-refractivity contribution in [1.29, 1.82) is 0 Å². The summed E-state index contributed by atoms with van der Waals surface area (Å²) in [6.07, 6.45) is 1.49. The third kappa shape index (κ3) is 6.58. The van der Waals surface area contributed by atoms with Crippen LogP contribution in [0.2, 0.25) is 0 Å². The fourth-order valence-electron chi connectivity index (χ4n) is 5.41. The molecule has 3 N–H and O–H groups in total. The van der Waals surface area contributed by atoms with Gasteiger partial charge in [0.15, 0.2) is 0 Å². The lowest BCUT2D eigenvalue weighted by atomic mass is 9.82. The molecule has 2 heterocycles. The fraction of sp³-hybridized carbons (Fsp3) is 0.394. The van der Waals surface area contributed by atoms with Gasteiger partial charge in [0.05, 0.1) is 5.41 Å². The molecule has 4 rings (SSSR count). The Morgan fingerprint density at radius 3 is 2.23 bits per heavy atom. The van der Waals surface area contributed by atoms with E-state index in [4.69, 9.17) is 0 Å². The number of aromatic nitrogens is 1. The molecule has 2 aromatic heterocycles. The van der Waals surface area contributed by atoms with Gasteiger partial charge in [-0.25, -0.2) is 4.79 Å². The predicted molar refractivity (Wildman–Crippen MR) is 167 cm³/mol. The number of aryl methyl sites for hydroxylation is 2. The number of thiophene rings is 1. The minimum atomic E-state index is -0.657. The van der Waals surface area contributed by atoms with Gasteiger partial charge in [-0.1, -0.05) is 29.3 Å². The summed E-state index contributed by atoms with van der Waals surface area (Å²) in [5.74, 6) is 0.129. The summed E-state index contributed by atoms with van der Waals surface area (Å²) >= 11 is 1.70. The van der Waals surface area contributed by atoms with E-state index in [-0.39, 0.29) is 11.9 Å². The second-order valence-electron chi connectivity index (χ2n) is 11.0.